The van der Waals surface area contributed by atoms with E-state index < -0.39 is 6.10 Å². The summed E-state index contributed by atoms with van der Waals surface area (Å²) in [5.74, 6) is 0. The number of hydrogen-bond acceptors (Lipinski definition) is 2. The molecule has 16 heavy (non-hydrogen) atoms. The van der Waals surface area contributed by atoms with Crippen LogP contribution in [-0.2, 0) is 6.42 Å². The fourth-order valence-corrected chi connectivity index (χ4v) is 3.24. The molecule has 0 spiro atoms. The first-order valence-electron chi connectivity index (χ1n) is 5.22. The monoisotopic (exact) mass is 296 g/mol. The predicted molar refractivity (Wildman–Crippen MR) is 71.9 cm³/mol. The normalized spacial score (nSPS) is 12.7. The Balaban J connectivity index is 2.33. The fraction of sp³-hybridized carbons (Fsp3) is 0.231. The van der Waals surface area contributed by atoms with E-state index in [-0.39, 0.29) is 0 Å². The van der Waals surface area contributed by atoms with Crippen LogP contribution >= 0.6 is 27.3 Å². The number of halogens is 1. The van der Waals surface area contributed by atoms with Crippen molar-refractivity contribution in [2.45, 2.75) is 19.4 Å². The third-order valence-electron chi connectivity index (χ3n) is 2.57. The summed E-state index contributed by atoms with van der Waals surface area (Å²) in [5, 5.41) is 12.2. The second kappa shape index (κ2) is 5.13. The first-order chi connectivity index (χ1) is 7.72. The van der Waals surface area contributed by atoms with E-state index in [0.29, 0.717) is 0 Å². The van der Waals surface area contributed by atoms with Gasteiger partial charge in [-0.1, -0.05) is 31.2 Å². The van der Waals surface area contributed by atoms with Crippen LogP contribution in [0, 0.1) is 0 Å². The zero-order valence-electron chi connectivity index (χ0n) is 8.98. The molecule has 0 saturated heterocycles. The highest BCUT2D eigenvalue weighted by Gasteiger charge is 2.14. The second-order valence-electron chi connectivity index (χ2n) is 3.63. The highest BCUT2D eigenvalue weighted by atomic mass is 79.9. The van der Waals surface area contributed by atoms with Gasteiger partial charge < -0.3 is 5.11 Å². The van der Waals surface area contributed by atoms with Crippen LogP contribution in [0.3, 0.4) is 0 Å². The Labute approximate surface area is 108 Å². The minimum absolute atomic E-state index is 0.527. The maximum atomic E-state index is 10.3. The molecule has 0 radical (unpaired) electrons. The molecule has 1 unspecified atom stereocenters. The van der Waals surface area contributed by atoms with E-state index in [2.05, 4.69) is 35.0 Å². The number of benzene rings is 1. The van der Waals surface area contributed by atoms with Crippen molar-refractivity contribution in [2.75, 3.05) is 0 Å². The lowest BCUT2D eigenvalue weighted by Crippen LogP contribution is -1.98. The smallest absolute Gasteiger partial charge is 0.114 e. The molecule has 0 saturated carbocycles. The molecule has 1 aromatic heterocycles. The van der Waals surface area contributed by atoms with E-state index in [1.165, 1.54) is 5.56 Å². The van der Waals surface area contributed by atoms with Gasteiger partial charge in [0.05, 0.1) is 4.88 Å². The minimum atomic E-state index is -0.527. The molecule has 0 fully saturated rings. The van der Waals surface area contributed by atoms with E-state index in [1.807, 2.05) is 23.6 Å². The van der Waals surface area contributed by atoms with E-state index in [0.717, 1.165) is 21.3 Å². The molecule has 1 heterocycles. The number of aliphatic hydroxyl groups excluding tert-OH is 1. The van der Waals surface area contributed by atoms with Crippen molar-refractivity contribution < 1.29 is 5.11 Å². The predicted octanol–water partition coefficient (Wildman–Crippen LogP) is 4.15. The summed E-state index contributed by atoms with van der Waals surface area (Å²) in [6, 6.07) is 10.1. The standard InChI is InChI=1S/C13H13BrOS/c1-2-9-4-3-5-10(8-9)12(15)13-11(14)6-7-16-13/h3-8,12,15H,2H2,1H3. The van der Waals surface area contributed by atoms with Gasteiger partial charge in [-0.15, -0.1) is 11.3 Å². The van der Waals surface area contributed by atoms with E-state index in [9.17, 15) is 5.11 Å². The molecular weight excluding hydrogens is 284 g/mol. The van der Waals surface area contributed by atoms with Crippen molar-refractivity contribution >= 4 is 27.3 Å². The van der Waals surface area contributed by atoms with Crippen molar-refractivity contribution in [3.63, 3.8) is 0 Å². The van der Waals surface area contributed by atoms with Crippen molar-refractivity contribution in [3.05, 3.63) is 56.2 Å². The lowest BCUT2D eigenvalue weighted by Gasteiger charge is -2.11. The van der Waals surface area contributed by atoms with Crippen molar-refractivity contribution in [3.8, 4) is 0 Å². The Hall–Kier alpha value is -0.640. The van der Waals surface area contributed by atoms with Crippen LogP contribution in [0.1, 0.15) is 29.0 Å². The van der Waals surface area contributed by atoms with Gasteiger partial charge in [0, 0.05) is 4.47 Å². The molecule has 1 N–H and O–H groups in total. The Morgan fingerprint density at radius 3 is 2.81 bits per heavy atom. The third kappa shape index (κ3) is 2.37. The summed E-state index contributed by atoms with van der Waals surface area (Å²) in [4.78, 5) is 0.966. The molecule has 0 aliphatic rings. The van der Waals surface area contributed by atoms with Crippen LogP contribution < -0.4 is 0 Å². The Morgan fingerprint density at radius 2 is 2.19 bits per heavy atom. The molecule has 2 rings (SSSR count). The number of aliphatic hydroxyl groups is 1. The quantitative estimate of drug-likeness (QED) is 0.902. The maximum Gasteiger partial charge on any atom is 0.114 e. The molecular formula is C13H13BrOS. The van der Waals surface area contributed by atoms with E-state index in [1.54, 1.807) is 11.3 Å². The van der Waals surface area contributed by atoms with Crippen LogP contribution in [-0.4, -0.2) is 5.11 Å². The molecule has 0 bridgehead atoms. The highest BCUT2D eigenvalue weighted by Crippen LogP contribution is 2.33. The van der Waals surface area contributed by atoms with Crippen LogP contribution in [0.5, 0.6) is 0 Å². The summed E-state index contributed by atoms with van der Waals surface area (Å²) in [6.07, 6.45) is 0.465. The van der Waals surface area contributed by atoms with Crippen molar-refractivity contribution in [2.24, 2.45) is 0 Å². The summed E-state index contributed by atoms with van der Waals surface area (Å²) < 4.78 is 0.979. The number of hydrogen-bond donors (Lipinski definition) is 1. The van der Waals surface area contributed by atoms with Gasteiger partial charge in [-0.05, 0) is 44.9 Å². The summed E-state index contributed by atoms with van der Waals surface area (Å²) in [6.45, 7) is 2.12. The van der Waals surface area contributed by atoms with E-state index >= 15 is 0 Å². The molecule has 1 nitrogen and oxygen atoms in total. The number of rotatable bonds is 3. The summed E-state index contributed by atoms with van der Waals surface area (Å²) >= 11 is 5.02. The molecule has 0 amide bonds. The average molecular weight is 297 g/mol. The molecule has 2 aromatic rings. The van der Waals surface area contributed by atoms with Gasteiger partial charge in [0.2, 0.25) is 0 Å². The van der Waals surface area contributed by atoms with Crippen LogP contribution in [0.25, 0.3) is 0 Å². The van der Waals surface area contributed by atoms with Gasteiger partial charge in [0.15, 0.2) is 0 Å². The van der Waals surface area contributed by atoms with Crippen LogP contribution in [0.2, 0.25) is 0 Å². The topological polar surface area (TPSA) is 20.2 Å². The Morgan fingerprint density at radius 1 is 1.38 bits per heavy atom. The summed E-state index contributed by atoms with van der Waals surface area (Å²) in [5.41, 5.74) is 2.21. The highest BCUT2D eigenvalue weighted by molar-refractivity contribution is 9.10. The van der Waals surface area contributed by atoms with Gasteiger partial charge in [-0.2, -0.15) is 0 Å². The lowest BCUT2D eigenvalue weighted by molar-refractivity contribution is 0.223. The van der Waals surface area contributed by atoms with Crippen LogP contribution in [0.15, 0.2) is 40.2 Å². The van der Waals surface area contributed by atoms with Gasteiger partial charge >= 0.3 is 0 Å². The SMILES string of the molecule is CCc1cccc(C(O)c2sccc2Br)c1. The largest absolute Gasteiger partial charge is 0.383 e. The molecule has 0 aliphatic heterocycles. The Bertz CT molecular complexity index is 478. The Kier molecular flexibility index (Phi) is 3.79. The average Bonchev–Trinajstić information content (AvgIpc) is 2.74. The van der Waals surface area contributed by atoms with Gasteiger partial charge in [0.1, 0.15) is 6.10 Å². The van der Waals surface area contributed by atoms with E-state index in [4.69, 9.17) is 0 Å². The van der Waals surface area contributed by atoms with Gasteiger partial charge in [0.25, 0.3) is 0 Å². The van der Waals surface area contributed by atoms with Gasteiger partial charge in [-0.25, -0.2) is 0 Å². The first kappa shape index (κ1) is 11.8. The molecule has 0 aliphatic carbocycles. The zero-order chi connectivity index (χ0) is 11.5. The minimum Gasteiger partial charge on any atom is -0.383 e. The lowest BCUT2D eigenvalue weighted by atomic mass is 10.0. The van der Waals surface area contributed by atoms with Crippen LogP contribution in [0.4, 0.5) is 0 Å². The molecule has 3 heteroatoms. The second-order valence-corrected chi connectivity index (χ2v) is 5.44. The molecule has 84 valence electrons. The van der Waals surface area contributed by atoms with Crippen molar-refractivity contribution in [1.82, 2.24) is 0 Å². The molecule has 1 atom stereocenters. The third-order valence-corrected chi connectivity index (χ3v) is 4.49. The fourth-order valence-electron chi connectivity index (χ4n) is 1.64. The van der Waals surface area contributed by atoms with Crippen molar-refractivity contribution in [1.29, 1.82) is 0 Å². The summed E-state index contributed by atoms with van der Waals surface area (Å²) in [7, 11) is 0. The number of aryl methyl sites for hydroxylation is 1. The first-order valence-corrected chi connectivity index (χ1v) is 6.89. The van der Waals surface area contributed by atoms with Gasteiger partial charge in [-0.3, -0.25) is 0 Å². The zero-order valence-corrected chi connectivity index (χ0v) is 11.4. The maximum absolute atomic E-state index is 10.3. The molecule has 1 aromatic carbocycles. The number of thiophene rings is 1.